The number of rotatable bonds is 0. The molecule has 0 bridgehead atoms. The van der Waals surface area contributed by atoms with Crippen LogP contribution in [0.2, 0.25) is 0 Å². The molecule has 58 valence electrons. The van der Waals surface area contributed by atoms with Crippen LogP contribution < -0.4 is 0 Å². The van der Waals surface area contributed by atoms with Gasteiger partial charge < -0.3 is 0 Å². The van der Waals surface area contributed by atoms with E-state index in [-0.39, 0.29) is 11.8 Å². The van der Waals surface area contributed by atoms with Gasteiger partial charge in [-0.2, -0.15) is 0 Å². The number of nitrogens with zero attached hydrogens (tertiary/aromatic N) is 1. The Kier molecular flexibility index (Phi) is 1.72. The van der Waals surface area contributed by atoms with Crippen molar-refractivity contribution >= 4 is 36.8 Å². The Morgan fingerprint density at radius 2 is 1.42 bits per heavy atom. The van der Waals surface area contributed by atoms with Gasteiger partial charge in [0.15, 0.2) is 0 Å². The van der Waals surface area contributed by atoms with Crippen LogP contribution in [-0.2, 0) is 0 Å². The van der Waals surface area contributed by atoms with Gasteiger partial charge in [0.25, 0.3) is 0 Å². The van der Waals surface area contributed by atoms with E-state index in [9.17, 15) is 9.59 Å². The number of carbonyl (C=O) groups excluding carboxylic acids is 2. The van der Waals surface area contributed by atoms with Gasteiger partial charge in [0, 0.05) is 0 Å². The van der Waals surface area contributed by atoms with E-state index in [2.05, 4.69) is 0 Å². The summed E-state index contributed by atoms with van der Waals surface area (Å²) in [6.45, 7) is 0. The molecule has 2 amide bonds. The van der Waals surface area contributed by atoms with Crippen molar-refractivity contribution in [3.8, 4) is 0 Å². The van der Waals surface area contributed by atoms with E-state index in [1.165, 1.54) is 2.84 Å². The van der Waals surface area contributed by atoms with Crippen molar-refractivity contribution in [3.05, 3.63) is 35.4 Å². The van der Waals surface area contributed by atoms with Gasteiger partial charge in [-0.1, -0.05) is 0 Å². The molecule has 0 aromatic heterocycles. The van der Waals surface area contributed by atoms with Crippen LogP contribution in [-0.4, -0.2) is 39.7 Å². The Balaban J connectivity index is 2.67. The molecule has 1 aromatic carbocycles. The normalized spacial score (nSPS) is 15.2. The van der Waals surface area contributed by atoms with Crippen molar-refractivity contribution in [2.45, 2.75) is 0 Å². The zero-order valence-corrected chi connectivity index (χ0v) is 9.50. The molecule has 12 heavy (non-hydrogen) atoms. The second kappa shape index (κ2) is 2.63. The number of fused-ring (bicyclic) bond motifs is 1. The van der Waals surface area contributed by atoms with E-state index < -0.39 is 0 Å². The number of benzene rings is 1. The van der Waals surface area contributed by atoms with Gasteiger partial charge in [0.2, 0.25) is 0 Å². The second-order valence-corrected chi connectivity index (χ2v) is 4.02. The number of amides is 2. The van der Waals surface area contributed by atoms with E-state index in [1.54, 1.807) is 24.3 Å². The standard InChI is InChI=1S/C8H5NO2.Bi/c10-7-5-3-1-2-4-6(5)8(11)9-7;/h1-4H,(H,9,10,11);/q;+1/p-1. The first-order valence-electron chi connectivity index (χ1n) is 3.38. The fourth-order valence-corrected chi connectivity index (χ4v) is 2.01. The maximum absolute atomic E-state index is 11.3. The molecule has 0 aliphatic carbocycles. The molecule has 0 atom stereocenters. The van der Waals surface area contributed by atoms with Crippen LogP contribution in [0.15, 0.2) is 24.3 Å². The van der Waals surface area contributed by atoms with Crippen LogP contribution in [0.1, 0.15) is 20.7 Å². The molecule has 1 aliphatic rings. The average molecular weight is 355 g/mol. The molecule has 1 heterocycles. The number of hydrogen-bond donors (Lipinski definition) is 0. The molecule has 0 saturated carbocycles. The molecule has 2 rings (SSSR count). The molecule has 4 heteroatoms. The Hall–Kier alpha value is -0.757. The van der Waals surface area contributed by atoms with Gasteiger partial charge >= 0.3 is 84.6 Å². The van der Waals surface area contributed by atoms with Crippen molar-refractivity contribution in [1.82, 2.24) is 2.84 Å². The molecule has 0 saturated heterocycles. The summed E-state index contributed by atoms with van der Waals surface area (Å²) in [6.07, 6.45) is 0. The SMILES string of the molecule is O=C1c2ccccc2C(=O)[N]1[Bi]. The van der Waals surface area contributed by atoms with Crippen LogP contribution in [0.3, 0.4) is 0 Å². The van der Waals surface area contributed by atoms with Crippen LogP contribution in [0.5, 0.6) is 0 Å². The van der Waals surface area contributed by atoms with E-state index in [0.717, 1.165) is 0 Å². The summed E-state index contributed by atoms with van der Waals surface area (Å²) in [5.41, 5.74) is 1.06. The third kappa shape index (κ3) is 0.912. The summed E-state index contributed by atoms with van der Waals surface area (Å²) in [6, 6.07) is 6.90. The minimum atomic E-state index is -0.163. The Bertz CT molecular complexity index is 340. The molecule has 3 nitrogen and oxygen atoms in total. The van der Waals surface area contributed by atoms with Crippen LogP contribution >= 0.6 is 0 Å². The molecular formula is C8H4BiNO2. The summed E-state index contributed by atoms with van der Waals surface area (Å²) < 4.78 is 1.24. The summed E-state index contributed by atoms with van der Waals surface area (Å²) >= 11 is 0.665. The molecule has 0 N–H and O–H groups in total. The van der Waals surface area contributed by atoms with Gasteiger partial charge in [-0.3, -0.25) is 0 Å². The fourth-order valence-electron chi connectivity index (χ4n) is 1.18. The van der Waals surface area contributed by atoms with E-state index in [4.69, 9.17) is 0 Å². The number of carbonyl (C=O) groups is 2. The van der Waals surface area contributed by atoms with Crippen LogP contribution in [0, 0.1) is 0 Å². The topological polar surface area (TPSA) is 37.4 Å². The number of hydrogen-bond acceptors (Lipinski definition) is 2. The Morgan fingerprint density at radius 1 is 1.00 bits per heavy atom. The minimum absolute atomic E-state index is 0.163. The molecular weight excluding hydrogens is 351 g/mol. The molecule has 1 aromatic rings. The van der Waals surface area contributed by atoms with Crippen molar-refractivity contribution in [1.29, 1.82) is 0 Å². The van der Waals surface area contributed by atoms with Gasteiger partial charge in [0.05, 0.1) is 0 Å². The average Bonchev–Trinajstić information content (AvgIpc) is 2.33. The number of imide groups is 1. The summed E-state index contributed by atoms with van der Waals surface area (Å²) in [4.78, 5) is 22.7. The molecule has 2 radical (unpaired) electrons. The third-order valence-corrected chi connectivity index (χ3v) is 3.18. The first-order valence-corrected chi connectivity index (χ1v) is 4.94. The van der Waals surface area contributed by atoms with E-state index >= 15 is 0 Å². The van der Waals surface area contributed by atoms with Crippen molar-refractivity contribution < 1.29 is 9.59 Å². The first-order chi connectivity index (χ1) is 5.72. The van der Waals surface area contributed by atoms with Crippen LogP contribution in [0.4, 0.5) is 0 Å². The van der Waals surface area contributed by atoms with Gasteiger partial charge in [-0.25, -0.2) is 0 Å². The summed E-state index contributed by atoms with van der Waals surface area (Å²) in [7, 11) is 0. The maximum atomic E-state index is 11.3. The molecule has 0 spiro atoms. The zero-order valence-electron chi connectivity index (χ0n) is 6.02. The first kappa shape index (κ1) is 7.87. The fraction of sp³-hybridized carbons (Fsp3) is 0. The Labute approximate surface area is 84.6 Å². The van der Waals surface area contributed by atoms with Crippen molar-refractivity contribution in [2.75, 3.05) is 0 Å². The van der Waals surface area contributed by atoms with Crippen LogP contribution in [0.25, 0.3) is 0 Å². The zero-order chi connectivity index (χ0) is 8.72. The predicted octanol–water partition coefficient (Wildman–Crippen LogP) is 0.366. The van der Waals surface area contributed by atoms with Gasteiger partial charge in [-0.05, 0) is 0 Å². The quantitative estimate of drug-likeness (QED) is 0.498. The summed E-state index contributed by atoms with van der Waals surface area (Å²) in [5.74, 6) is -0.326. The molecule has 0 unspecified atom stereocenters. The molecule has 0 fully saturated rings. The van der Waals surface area contributed by atoms with E-state index in [0.29, 0.717) is 36.1 Å². The monoisotopic (exact) mass is 355 g/mol. The van der Waals surface area contributed by atoms with Gasteiger partial charge in [0.1, 0.15) is 0 Å². The summed E-state index contributed by atoms with van der Waals surface area (Å²) in [5, 5.41) is 0. The third-order valence-electron chi connectivity index (χ3n) is 1.77. The Morgan fingerprint density at radius 3 is 1.83 bits per heavy atom. The predicted molar refractivity (Wildman–Crippen MR) is 42.7 cm³/mol. The molecule has 1 aliphatic heterocycles. The van der Waals surface area contributed by atoms with Crippen molar-refractivity contribution in [3.63, 3.8) is 0 Å². The van der Waals surface area contributed by atoms with Crippen molar-refractivity contribution in [2.24, 2.45) is 0 Å². The van der Waals surface area contributed by atoms with Gasteiger partial charge in [-0.15, -0.1) is 0 Å². The van der Waals surface area contributed by atoms with E-state index in [1.807, 2.05) is 0 Å². The second-order valence-electron chi connectivity index (χ2n) is 2.47.